The molecule has 8 heteroatoms. The number of nitrogen functional groups attached to an aromatic ring is 1. The van der Waals surface area contributed by atoms with E-state index in [1.54, 1.807) is 19.1 Å². The molecule has 164 valence electrons. The lowest BCUT2D eigenvalue weighted by atomic mass is 9.96. The van der Waals surface area contributed by atoms with E-state index in [1.807, 2.05) is 12.1 Å². The first-order valence-electron chi connectivity index (χ1n) is 10.7. The Morgan fingerprint density at radius 3 is 2.74 bits per heavy atom. The number of rotatable bonds is 5. The summed E-state index contributed by atoms with van der Waals surface area (Å²) in [6, 6.07) is 7.29. The average molecular weight is 459 g/mol. The molecule has 1 aliphatic heterocycles. The van der Waals surface area contributed by atoms with Gasteiger partial charge in [-0.25, -0.2) is 9.69 Å². The van der Waals surface area contributed by atoms with Crippen LogP contribution in [0.15, 0.2) is 29.2 Å². The molecule has 0 spiro atoms. The molecule has 0 radical (unpaired) electrons. The van der Waals surface area contributed by atoms with E-state index in [0.29, 0.717) is 16.3 Å². The highest BCUT2D eigenvalue weighted by Gasteiger charge is 2.43. The number of hydrogen-bond acceptors (Lipinski definition) is 7. The number of thiophene rings is 1. The molecule has 0 saturated carbocycles. The molecule has 31 heavy (non-hydrogen) atoms. The van der Waals surface area contributed by atoms with Gasteiger partial charge >= 0.3 is 5.97 Å². The van der Waals surface area contributed by atoms with Gasteiger partial charge in [0.2, 0.25) is 11.8 Å². The Labute approximate surface area is 190 Å². The lowest BCUT2D eigenvalue weighted by molar-refractivity contribution is -0.121. The predicted molar refractivity (Wildman–Crippen MR) is 124 cm³/mol. The summed E-state index contributed by atoms with van der Waals surface area (Å²) >= 11 is 2.75. The van der Waals surface area contributed by atoms with Crippen molar-refractivity contribution in [3.63, 3.8) is 0 Å². The van der Waals surface area contributed by atoms with E-state index in [2.05, 4.69) is 0 Å². The number of esters is 1. The number of carbonyl (C=O) groups excluding carboxylic acids is 3. The van der Waals surface area contributed by atoms with Crippen LogP contribution in [0.25, 0.3) is 0 Å². The van der Waals surface area contributed by atoms with Crippen LogP contribution >= 0.6 is 23.1 Å². The molecular formula is C23H26N2O4S2. The Morgan fingerprint density at radius 1 is 1.23 bits per heavy atom. The number of carbonyl (C=O) groups is 3. The van der Waals surface area contributed by atoms with E-state index in [9.17, 15) is 14.4 Å². The highest BCUT2D eigenvalue weighted by Crippen LogP contribution is 2.43. The van der Waals surface area contributed by atoms with Crippen molar-refractivity contribution < 1.29 is 19.1 Å². The minimum atomic E-state index is -0.533. The van der Waals surface area contributed by atoms with Crippen molar-refractivity contribution in [2.24, 2.45) is 0 Å². The van der Waals surface area contributed by atoms with Crippen molar-refractivity contribution in [3.05, 3.63) is 40.3 Å². The molecule has 1 atom stereocenters. The van der Waals surface area contributed by atoms with Crippen molar-refractivity contribution in [2.75, 3.05) is 17.2 Å². The summed E-state index contributed by atoms with van der Waals surface area (Å²) in [6.45, 7) is 2.01. The largest absolute Gasteiger partial charge is 0.462 e. The van der Waals surface area contributed by atoms with Gasteiger partial charge in [0.25, 0.3) is 0 Å². The predicted octanol–water partition coefficient (Wildman–Crippen LogP) is 4.59. The molecule has 1 fully saturated rings. The zero-order valence-electron chi connectivity index (χ0n) is 17.5. The molecule has 1 aromatic carbocycles. The number of ether oxygens (including phenoxy) is 1. The van der Waals surface area contributed by atoms with Gasteiger partial charge in [-0.2, -0.15) is 0 Å². The Balaban J connectivity index is 1.69. The summed E-state index contributed by atoms with van der Waals surface area (Å²) in [6.07, 6.45) is 6.05. The number of anilines is 2. The fraction of sp³-hybridized carbons (Fsp3) is 0.435. The van der Waals surface area contributed by atoms with Gasteiger partial charge in [-0.15, -0.1) is 23.1 Å². The van der Waals surface area contributed by atoms with Gasteiger partial charge in [0.1, 0.15) is 5.00 Å². The number of hydrogen-bond donors (Lipinski definition) is 1. The lowest BCUT2D eigenvalue weighted by Gasteiger charge is -2.16. The maximum atomic E-state index is 13.3. The summed E-state index contributed by atoms with van der Waals surface area (Å²) in [4.78, 5) is 42.3. The van der Waals surface area contributed by atoms with Crippen molar-refractivity contribution in [3.8, 4) is 0 Å². The minimum Gasteiger partial charge on any atom is -0.462 e. The number of nitrogens with zero attached hydrogens (tertiary/aromatic N) is 1. The second kappa shape index (κ2) is 9.44. The third-order valence-corrected chi connectivity index (χ3v) is 8.03. The van der Waals surface area contributed by atoms with Crippen LogP contribution in [0.5, 0.6) is 0 Å². The molecular weight excluding hydrogens is 432 g/mol. The van der Waals surface area contributed by atoms with Crippen LogP contribution in [-0.4, -0.2) is 29.6 Å². The summed E-state index contributed by atoms with van der Waals surface area (Å²) in [5, 5.41) is -0.0925. The highest BCUT2D eigenvalue weighted by molar-refractivity contribution is 8.00. The highest BCUT2D eigenvalue weighted by atomic mass is 32.2. The van der Waals surface area contributed by atoms with E-state index in [0.717, 1.165) is 53.9 Å². The first-order valence-corrected chi connectivity index (χ1v) is 12.4. The average Bonchev–Trinajstić information content (AvgIpc) is 3.18. The molecule has 1 aromatic heterocycles. The monoisotopic (exact) mass is 458 g/mol. The molecule has 2 amide bonds. The molecule has 2 heterocycles. The third-order valence-electron chi connectivity index (χ3n) is 5.58. The quantitative estimate of drug-likeness (QED) is 0.400. The number of nitrogens with two attached hydrogens (primary N) is 1. The fourth-order valence-electron chi connectivity index (χ4n) is 4.14. The summed E-state index contributed by atoms with van der Waals surface area (Å²) in [5.41, 5.74) is 7.84. The third kappa shape index (κ3) is 4.50. The van der Waals surface area contributed by atoms with Crippen LogP contribution in [0, 0.1) is 0 Å². The molecule has 1 saturated heterocycles. The van der Waals surface area contributed by atoms with Gasteiger partial charge in [-0.3, -0.25) is 9.59 Å². The summed E-state index contributed by atoms with van der Waals surface area (Å²) < 4.78 is 5.33. The summed E-state index contributed by atoms with van der Waals surface area (Å²) in [7, 11) is 0. The van der Waals surface area contributed by atoms with Crippen molar-refractivity contribution in [1.82, 2.24) is 0 Å². The summed E-state index contributed by atoms with van der Waals surface area (Å²) in [5.74, 6) is -0.994. The maximum absolute atomic E-state index is 13.3. The van der Waals surface area contributed by atoms with Crippen LogP contribution in [0.3, 0.4) is 0 Å². The van der Waals surface area contributed by atoms with Crippen LogP contribution in [0.4, 0.5) is 10.7 Å². The molecule has 1 unspecified atom stereocenters. The number of aryl methyl sites for hydroxylation is 1. The molecule has 2 N–H and O–H groups in total. The normalized spacial score (nSPS) is 19.1. The first kappa shape index (κ1) is 21.9. The molecule has 2 aliphatic rings. The van der Waals surface area contributed by atoms with E-state index in [1.165, 1.54) is 28.0 Å². The van der Waals surface area contributed by atoms with Crippen molar-refractivity contribution >= 4 is 51.6 Å². The van der Waals surface area contributed by atoms with Gasteiger partial charge in [-0.05, 0) is 56.4 Å². The molecule has 4 rings (SSSR count). The lowest BCUT2D eigenvalue weighted by Crippen LogP contribution is -2.32. The van der Waals surface area contributed by atoms with E-state index in [4.69, 9.17) is 10.5 Å². The van der Waals surface area contributed by atoms with E-state index in [-0.39, 0.29) is 24.8 Å². The topological polar surface area (TPSA) is 89.7 Å². The Bertz CT molecular complexity index is 1020. The van der Waals surface area contributed by atoms with Gasteiger partial charge in [0.15, 0.2) is 0 Å². The number of amides is 2. The van der Waals surface area contributed by atoms with Gasteiger partial charge in [0.05, 0.1) is 17.4 Å². The molecule has 2 aromatic rings. The Hall–Kier alpha value is -2.32. The van der Waals surface area contributed by atoms with Crippen molar-refractivity contribution in [1.29, 1.82) is 0 Å². The zero-order chi connectivity index (χ0) is 22.0. The van der Waals surface area contributed by atoms with Crippen molar-refractivity contribution in [2.45, 2.75) is 62.0 Å². The number of imide groups is 1. The van der Waals surface area contributed by atoms with Gasteiger partial charge in [0, 0.05) is 21.9 Å². The molecule has 1 aliphatic carbocycles. The van der Waals surface area contributed by atoms with Gasteiger partial charge < -0.3 is 10.5 Å². The first-order chi connectivity index (χ1) is 15.0. The van der Waals surface area contributed by atoms with E-state index < -0.39 is 11.2 Å². The number of fused-ring (bicyclic) bond motifs is 1. The zero-order valence-corrected chi connectivity index (χ0v) is 19.2. The van der Waals surface area contributed by atoms with E-state index >= 15 is 0 Å². The standard InChI is InChI=1S/C23H26N2O4S2/c1-2-29-23(28)20-16-10-5-3-4-6-11-17(16)31-22(20)25-19(26)13-18(21(25)27)30-15-9-7-8-14(24)12-15/h7-9,12,18H,2-6,10-11,13,24H2,1H3. The number of thioether (sulfide) groups is 1. The fourth-order valence-corrected chi connectivity index (χ4v) is 6.66. The SMILES string of the molecule is CCOC(=O)c1c(N2C(=O)CC(Sc3cccc(N)c3)C2=O)sc2c1CCCCCC2. The second-order valence-electron chi connectivity index (χ2n) is 7.77. The second-order valence-corrected chi connectivity index (χ2v) is 10.1. The van der Waals surface area contributed by atoms with Crippen LogP contribution in [0.2, 0.25) is 0 Å². The Morgan fingerprint density at radius 2 is 2.00 bits per heavy atom. The minimum absolute atomic E-state index is 0.100. The Kier molecular flexibility index (Phi) is 6.67. The van der Waals surface area contributed by atoms with Gasteiger partial charge in [-0.1, -0.05) is 18.9 Å². The molecule has 0 bridgehead atoms. The van der Waals surface area contributed by atoms with Crippen LogP contribution in [-0.2, 0) is 27.2 Å². The van der Waals surface area contributed by atoms with Crippen LogP contribution < -0.4 is 10.6 Å². The smallest absolute Gasteiger partial charge is 0.341 e. The maximum Gasteiger partial charge on any atom is 0.341 e. The number of benzene rings is 1. The van der Waals surface area contributed by atoms with Crippen LogP contribution in [0.1, 0.15) is 59.8 Å². The molecule has 6 nitrogen and oxygen atoms in total.